The topological polar surface area (TPSA) is 86.7 Å². The standard InChI is InChI=1S/C18H22O5S.K/c1-2-3-4-5-8-14-9-6-7-10-17(14)23-15-11-12-18(16(19)13-15)24(20,21)22;/h6-7,9-13,19H,2-5,8H2,1H3,(H,20,21,22);/q;+1/p-1. The molecule has 0 aliphatic rings. The molecule has 0 radical (unpaired) electrons. The molecule has 25 heavy (non-hydrogen) atoms. The number of hydrogen-bond acceptors (Lipinski definition) is 4. The van der Waals surface area contributed by atoms with Gasteiger partial charge in [0.25, 0.3) is 10.1 Å². The largest absolute Gasteiger partial charge is 1.00 e. The van der Waals surface area contributed by atoms with Crippen molar-refractivity contribution in [2.75, 3.05) is 0 Å². The van der Waals surface area contributed by atoms with E-state index in [1.807, 2.05) is 24.3 Å². The molecule has 0 bridgehead atoms. The van der Waals surface area contributed by atoms with Crippen LogP contribution in [0.5, 0.6) is 17.2 Å². The van der Waals surface area contributed by atoms with Crippen molar-refractivity contribution in [2.45, 2.75) is 43.9 Å². The molecule has 7 heteroatoms. The van der Waals surface area contributed by atoms with Crippen molar-refractivity contribution in [3.8, 4) is 17.2 Å². The first kappa shape index (κ1) is 22.6. The molecule has 0 amide bonds. The Bertz CT molecular complexity index is 790. The van der Waals surface area contributed by atoms with Gasteiger partial charge >= 0.3 is 51.4 Å². The Morgan fingerprint density at radius 2 is 1.80 bits per heavy atom. The van der Waals surface area contributed by atoms with Crippen molar-refractivity contribution in [3.05, 3.63) is 48.0 Å². The molecule has 0 heterocycles. The van der Waals surface area contributed by atoms with Gasteiger partial charge < -0.3 is 9.84 Å². The Balaban J connectivity index is 0.00000312. The number of rotatable bonds is 8. The molecule has 0 aliphatic carbocycles. The molecule has 0 saturated carbocycles. The van der Waals surface area contributed by atoms with Gasteiger partial charge in [-0.25, -0.2) is 0 Å². The van der Waals surface area contributed by atoms with Crippen LogP contribution in [0.1, 0.15) is 38.2 Å². The van der Waals surface area contributed by atoms with E-state index in [1.165, 1.54) is 18.9 Å². The van der Waals surface area contributed by atoms with Crippen molar-refractivity contribution >= 4 is 10.1 Å². The first-order valence-electron chi connectivity index (χ1n) is 7.96. The molecule has 0 saturated heterocycles. The molecule has 0 aliphatic heterocycles. The molecule has 0 unspecified atom stereocenters. The SMILES string of the molecule is CCCCCCc1ccccc1Oc1ccc(S(=O)(=O)O)c([O-])c1.[K+]. The minimum Gasteiger partial charge on any atom is -0.871 e. The molecule has 1 N–H and O–H groups in total. The Hall–Kier alpha value is -0.414. The Morgan fingerprint density at radius 1 is 1.08 bits per heavy atom. The average molecular weight is 389 g/mol. The zero-order valence-corrected chi connectivity index (χ0v) is 18.5. The summed E-state index contributed by atoms with van der Waals surface area (Å²) in [6.45, 7) is 2.16. The fraction of sp³-hybridized carbons (Fsp3) is 0.333. The second kappa shape index (κ2) is 10.7. The summed E-state index contributed by atoms with van der Waals surface area (Å²) in [4.78, 5) is -0.650. The second-order valence-corrected chi connectivity index (χ2v) is 6.99. The maximum atomic E-state index is 11.8. The van der Waals surface area contributed by atoms with Crippen LogP contribution in [0, 0.1) is 0 Å². The van der Waals surface area contributed by atoms with E-state index in [4.69, 9.17) is 9.29 Å². The van der Waals surface area contributed by atoms with E-state index in [9.17, 15) is 13.5 Å². The summed E-state index contributed by atoms with van der Waals surface area (Å²) in [5, 5.41) is 11.8. The molecule has 2 rings (SSSR count). The third-order valence-corrected chi connectivity index (χ3v) is 4.59. The van der Waals surface area contributed by atoms with Crippen LogP contribution in [0.3, 0.4) is 0 Å². The van der Waals surface area contributed by atoms with Gasteiger partial charge in [-0.15, -0.1) is 0 Å². The number of ether oxygens (including phenoxy) is 1. The molecule has 0 fully saturated rings. The van der Waals surface area contributed by atoms with Crippen LogP contribution < -0.4 is 61.2 Å². The van der Waals surface area contributed by atoms with Gasteiger partial charge in [-0.05, 0) is 42.7 Å². The van der Waals surface area contributed by atoms with Crippen LogP contribution in [0.25, 0.3) is 0 Å². The van der Waals surface area contributed by atoms with Gasteiger partial charge in [0.2, 0.25) is 0 Å². The maximum absolute atomic E-state index is 11.8. The smallest absolute Gasteiger partial charge is 0.871 e. The summed E-state index contributed by atoms with van der Waals surface area (Å²) < 4.78 is 36.8. The fourth-order valence-electron chi connectivity index (χ4n) is 2.44. The van der Waals surface area contributed by atoms with E-state index in [0.717, 1.165) is 37.0 Å². The summed E-state index contributed by atoms with van der Waals surface area (Å²) in [7, 11) is -4.52. The minimum absolute atomic E-state index is 0. The van der Waals surface area contributed by atoms with Crippen molar-refractivity contribution in [1.82, 2.24) is 0 Å². The molecule has 5 nitrogen and oxygen atoms in total. The molecule has 2 aromatic rings. The zero-order chi connectivity index (χ0) is 17.6. The van der Waals surface area contributed by atoms with Crippen LogP contribution in [0.4, 0.5) is 0 Å². The molecule has 130 valence electrons. The van der Waals surface area contributed by atoms with E-state index in [2.05, 4.69) is 6.92 Å². The molecule has 0 atom stereocenters. The molecular formula is C18H21KO5S. The summed E-state index contributed by atoms with van der Waals surface area (Å²) in [6, 6.07) is 11.0. The van der Waals surface area contributed by atoms with E-state index in [1.54, 1.807) is 0 Å². The quantitative estimate of drug-likeness (QED) is 0.413. The summed E-state index contributed by atoms with van der Waals surface area (Å²) >= 11 is 0. The number of hydrogen-bond donors (Lipinski definition) is 1. The van der Waals surface area contributed by atoms with Gasteiger partial charge in [-0.3, -0.25) is 4.55 Å². The Labute approximate surface area is 191 Å². The Kier molecular flexibility index (Phi) is 9.65. The van der Waals surface area contributed by atoms with Gasteiger partial charge in [0.1, 0.15) is 11.5 Å². The van der Waals surface area contributed by atoms with Crippen LogP contribution in [0.15, 0.2) is 47.4 Å². The van der Waals surface area contributed by atoms with Crippen molar-refractivity contribution in [2.24, 2.45) is 0 Å². The normalized spacial score (nSPS) is 11.0. The third-order valence-electron chi connectivity index (χ3n) is 3.69. The number of unbranched alkanes of at least 4 members (excludes halogenated alkanes) is 3. The van der Waals surface area contributed by atoms with Gasteiger partial charge in [-0.2, -0.15) is 8.42 Å². The molecule has 0 spiro atoms. The summed E-state index contributed by atoms with van der Waals surface area (Å²) in [6.07, 6.45) is 5.45. The van der Waals surface area contributed by atoms with Crippen molar-refractivity contribution in [3.63, 3.8) is 0 Å². The van der Waals surface area contributed by atoms with E-state index in [0.29, 0.717) is 5.75 Å². The van der Waals surface area contributed by atoms with Gasteiger partial charge in [0, 0.05) is 0 Å². The molecule has 2 aromatic carbocycles. The van der Waals surface area contributed by atoms with Crippen LogP contribution in [0.2, 0.25) is 0 Å². The number of benzene rings is 2. The fourth-order valence-corrected chi connectivity index (χ4v) is 3.00. The predicted molar refractivity (Wildman–Crippen MR) is 90.1 cm³/mol. The molecular weight excluding hydrogens is 367 g/mol. The number of aryl methyl sites for hydroxylation is 1. The first-order valence-corrected chi connectivity index (χ1v) is 9.40. The van der Waals surface area contributed by atoms with Gasteiger partial charge in [0.15, 0.2) is 0 Å². The Morgan fingerprint density at radius 3 is 2.44 bits per heavy atom. The second-order valence-electron chi connectivity index (χ2n) is 5.60. The number of para-hydroxylation sites is 1. The van der Waals surface area contributed by atoms with E-state index < -0.39 is 20.8 Å². The van der Waals surface area contributed by atoms with Gasteiger partial charge in [0.05, 0.1) is 4.90 Å². The van der Waals surface area contributed by atoms with E-state index in [-0.39, 0.29) is 57.1 Å². The first-order chi connectivity index (χ1) is 11.4. The molecule has 0 aromatic heterocycles. The van der Waals surface area contributed by atoms with Crippen molar-refractivity contribution < 1.29 is 74.2 Å². The van der Waals surface area contributed by atoms with Crippen LogP contribution in [-0.4, -0.2) is 13.0 Å². The van der Waals surface area contributed by atoms with Gasteiger partial charge in [-0.1, -0.05) is 50.1 Å². The summed E-state index contributed by atoms with van der Waals surface area (Å²) in [5.41, 5.74) is 1.04. The monoisotopic (exact) mass is 388 g/mol. The maximum Gasteiger partial charge on any atom is 1.00 e. The predicted octanol–water partition coefficient (Wildman–Crippen LogP) is 0.926. The van der Waals surface area contributed by atoms with Crippen LogP contribution >= 0.6 is 0 Å². The van der Waals surface area contributed by atoms with Crippen molar-refractivity contribution in [1.29, 1.82) is 0 Å². The average Bonchev–Trinajstić information content (AvgIpc) is 2.52. The minimum atomic E-state index is -4.52. The summed E-state index contributed by atoms with van der Waals surface area (Å²) in [5.74, 6) is 0.0943. The van der Waals surface area contributed by atoms with E-state index >= 15 is 0 Å². The van der Waals surface area contributed by atoms with Crippen LogP contribution in [-0.2, 0) is 16.5 Å². The zero-order valence-electron chi connectivity index (χ0n) is 14.6. The third kappa shape index (κ3) is 7.01.